The molecule has 8 heteroatoms. The maximum absolute atomic E-state index is 12.0. The van der Waals surface area contributed by atoms with Crippen LogP contribution in [0.25, 0.3) is 0 Å². The summed E-state index contributed by atoms with van der Waals surface area (Å²) in [4.78, 5) is 2.20. The van der Waals surface area contributed by atoms with E-state index in [2.05, 4.69) is 9.62 Å². The zero-order valence-electron chi connectivity index (χ0n) is 11.8. The van der Waals surface area contributed by atoms with Crippen LogP contribution in [0.2, 0.25) is 0 Å². The van der Waals surface area contributed by atoms with Crippen molar-refractivity contribution >= 4 is 10.2 Å². The van der Waals surface area contributed by atoms with Gasteiger partial charge in [-0.15, -0.1) is 0 Å². The van der Waals surface area contributed by atoms with Crippen LogP contribution in [0, 0.1) is 0 Å². The van der Waals surface area contributed by atoms with E-state index < -0.39 is 10.2 Å². The van der Waals surface area contributed by atoms with Crippen molar-refractivity contribution in [2.45, 2.75) is 19.4 Å². The molecular formula is C11H26N4O3S. The predicted octanol–water partition coefficient (Wildman–Crippen LogP) is -1.18. The summed E-state index contributed by atoms with van der Waals surface area (Å²) in [5.41, 5.74) is 5.38. The SMILES string of the molecule is CC(CN1CCOCC1)NS(=O)(=O)N(C)CCCN. The molecule has 1 heterocycles. The highest BCUT2D eigenvalue weighted by molar-refractivity contribution is 7.87. The minimum absolute atomic E-state index is 0.122. The van der Waals surface area contributed by atoms with Crippen LogP contribution in [0.15, 0.2) is 0 Å². The molecule has 1 fully saturated rings. The van der Waals surface area contributed by atoms with Gasteiger partial charge in [-0.1, -0.05) is 0 Å². The predicted molar refractivity (Wildman–Crippen MR) is 75.1 cm³/mol. The second-order valence-electron chi connectivity index (χ2n) is 4.90. The van der Waals surface area contributed by atoms with E-state index in [4.69, 9.17) is 10.5 Å². The van der Waals surface area contributed by atoms with Crippen LogP contribution in [0.4, 0.5) is 0 Å². The normalized spacial score (nSPS) is 19.8. The Morgan fingerprint density at radius 3 is 2.63 bits per heavy atom. The van der Waals surface area contributed by atoms with Crippen LogP contribution >= 0.6 is 0 Å². The smallest absolute Gasteiger partial charge is 0.279 e. The Morgan fingerprint density at radius 2 is 2.05 bits per heavy atom. The molecule has 0 aromatic heterocycles. The minimum Gasteiger partial charge on any atom is -0.379 e. The molecule has 0 aliphatic carbocycles. The van der Waals surface area contributed by atoms with E-state index in [1.54, 1.807) is 7.05 Å². The molecule has 3 N–H and O–H groups in total. The van der Waals surface area contributed by atoms with Gasteiger partial charge in [0, 0.05) is 39.3 Å². The molecule has 1 aliphatic heterocycles. The van der Waals surface area contributed by atoms with Crippen molar-refractivity contribution in [2.75, 3.05) is 53.0 Å². The number of rotatable bonds is 8. The van der Waals surface area contributed by atoms with E-state index >= 15 is 0 Å². The highest BCUT2D eigenvalue weighted by atomic mass is 32.2. The molecule has 0 saturated carbocycles. The van der Waals surface area contributed by atoms with Gasteiger partial charge >= 0.3 is 0 Å². The third kappa shape index (κ3) is 6.15. The molecule has 19 heavy (non-hydrogen) atoms. The van der Waals surface area contributed by atoms with Crippen molar-refractivity contribution in [2.24, 2.45) is 5.73 Å². The number of ether oxygens (including phenoxy) is 1. The van der Waals surface area contributed by atoms with Gasteiger partial charge in [-0.25, -0.2) is 0 Å². The number of hydrogen-bond acceptors (Lipinski definition) is 5. The zero-order chi connectivity index (χ0) is 14.3. The Bertz CT molecular complexity index is 344. The van der Waals surface area contributed by atoms with Gasteiger partial charge in [-0.3, -0.25) is 4.90 Å². The summed E-state index contributed by atoms with van der Waals surface area (Å²) in [6, 6.07) is -0.122. The lowest BCUT2D eigenvalue weighted by Gasteiger charge is -2.30. The molecule has 0 bridgehead atoms. The molecule has 1 rings (SSSR count). The summed E-state index contributed by atoms with van der Waals surface area (Å²) in [5, 5.41) is 0. The molecule has 1 atom stereocenters. The van der Waals surface area contributed by atoms with Gasteiger partial charge in [0.2, 0.25) is 0 Å². The molecule has 114 valence electrons. The lowest BCUT2D eigenvalue weighted by molar-refractivity contribution is 0.0353. The van der Waals surface area contributed by atoms with E-state index in [1.165, 1.54) is 4.31 Å². The number of hydrogen-bond donors (Lipinski definition) is 2. The fourth-order valence-electron chi connectivity index (χ4n) is 1.99. The van der Waals surface area contributed by atoms with Crippen LogP contribution in [-0.2, 0) is 14.9 Å². The number of nitrogens with one attached hydrogen (secondary N) is 1. The van der Waals surface area contributed by atoms with Gasteiger partial charge in [0.15, 0.2) is 0 Å². The molecule has 0 radical (unpaired) electrons. The molecule has 0 amide bonds. The lowest BCUT2D eigenvalue weighted by atomic mass is 10.3. The second-order valence-corrected chi connectivity index (χ2v) is 6.71. The first-order valence-corrected chi connectivity index (χ1v) is 8.13. The van der Waals surface area contributed by atoms with E-state index in [9.17, 15) is 8.42 Å². The van der Waals surface area contributed by atoms with Crippen LogP contribution < -0.4 is 10.5 Å². The Kier molecular flexibility index (Phi) is 7.19. The first kappa shape index (κ1) is 16.8. The van der Waals surface area contributed by atoms with Crippen LogP contribution in [0.5, 0.6) is 0 Å². The maximum Gasteiger partial charge on any atom is 0.279 e. The van der Waals surface area contributed by atoms with Crippen molar-refractivity contribution in [3.63, 3.8) is 0 Å². The summed E-state index contributed by atoms with van der Waals surface area (Å²) in [7, 11) is -1.84. The molecule has 0 aromatic carbocycles. The lowest BCUT2D eigenvalue weighted by Crippen LogP contribution is -2.49. The van der Waals surface area contributed by atoms with Gasteiger partial charge in [-0.05, 0) is 19.9 Å². The van der Waals surface area contributed by atoms with Gasteiger partial charge in [0.1, 0.15) is 0 Å². The van der Waals surface area contributed by atoms with Crippen LogP contribution in [0.3, 0.4) is 0 Å². The summed E-state index contributed by atoms with van der Waals surface area (Å²) >= 11 is 0. The fraction of sp³-hybridized carbons (Fsp3) is 1.00. The fourth-order valence-corrected chi connectivity index (χ4v) is 3.12. The standard InChI is InChI=1S/C11H26N4O3S/c1-11(10-15-6-8-18-9-7-15)13-19(16,17)14(2)5-3-4-12/h11,13H,3-10,12H2,1-2H3. The maximum atomic E-state index is 12.0. The molecule has 1 unspecified atom stereocenters. The third-order valence-corrected chi connectivity index (χ3v) is 4.78. The Morgan fingerprint density at radius 1 is 1.42 bits per heavy atom. The summed E-state index contributed by atoms with van der Waals surface area (Å²) in [6.45, 7) is 6.66. The topological polar surface area (TPSA) is 87.9 Å². The van der Waals surface area contributed by atoms with E-state index in [1.807, 2.05) is 6.92 Å². The zero-order valence-corrected chi connectivity index (χ0v) is 12.7. The number of nitrogens with zero attached hydrogens (tertiary/aromatic N) is 2. The van der Waals surface area contributed by atoms with Gasteiger partial charge in [-0.2, -0.15) is 17.4 Å². The average Bonchev–Trinajstić information content (AvgIpc) is 2.36. The molecule has 7 nitrogen and oxygen atoms in total. The average molecular weight is 294 g/mol. The molecule has 0 aromatic rings. The molecule has 1 aliphatic rings. The van der Waals surface area contributed by atoms with E-state index in [0.717, 1.165) is 26.3 Å². The third-order valence-electron chi connectivity index (χ3n) is 3.07. The van der Waals surface area contributed by atoms with Crippen molar-refractivity contribution < 1.29 is 13.2 Å². The Hall–Kier alpha value is -0.250. The van der Waals surface area contributed by atoms with Gasteiger partial charge < -0.3 is 10.5 Å². The van der Waals surface area contributed by atoms with Crippen LogP contribution in [-0.4, -0.2) is 76.6 Å². The Balaban J connectivity index is 2.38. The largest absolute Gasteiger partial charge is 0.379 e. The monoisotopic (exact) mass is 294 g/mol. The van der Waals surface area contributed by atoms with Gasteiger partial charge in [0.05, 0.1) is 13.2 Å². The molecular weight excluding hydrogens is 268 g/mol. The molecule has 0 spiro atoms. The highest BCUT2D eigenvalue weighted by Crippen LogP contribution is 2.02. The number of morpholine rings is 1. The van der Waals surface area contributed by atoms with Gasteiger partial charge in [0.25, 0.3) is 10.2 Å². The van der Waals surface area contributed by atoms with E-state index in [-0.39, 0.29) is 6.04 Å². The van der Waals surface area contributed by atoms with Crippen molar-refractivity contribution in [3.05, 3.63) is 0 Å². The van der Waals surface area contributed by atoms with E-state index in [0.29, 0.717) is 26.1 Å². The van der Waals surface area contributed by atoms with Crippen LogP contribution in [0.1, 0.15) is 13.3 Å². The summed E-state index contributed by atoms with van der Waals surface area (Å²) < 4.78 is 33.3. The number of nitrogens with two attached hydrogens (primary N) is 1. The van der Waals surface area contributed by atoms with Crippen molar-refractivity contribution in [3.8, 4) is 0 Å². The second kappa shape index (κ2) is 8.13. The summed E-state index contributed by atoms with van der Waals surface area (Å²) in [6.07, 6.45) is 0.662. The first-order chi connectivity index (χ1) is 8.95. The molecule has 1 saturated heterocycles. The Labute approximate surface area is 116 Å². The first-order valence-electron chi connectivity index (χ1n) is 6.69. The quantitative estimate of drug-likeness (QED) is 0.588. The van der Waals surface area contributed by atoms with Crippen molar-refractivity contribution in [1.29, 1.82) is 0 Å². The highest BCUT2D eigenvalue weighted by Gasteiger charge is 2.21. The van der Waals surface area contributed by atoms with Crippen molar-refractivity contribution in [1.82, 2.24) is 13.9 Å². The minimum atomic E-state index is -3.41. The summed E-state index contributed by atoms with van der Waals surface area (Å²) in [5.74, 6) is 0.